The lowest BCUT2D eigenvalue weighted by molar-refractivity contribution is -0.143. The third-order valence-corrected chi connectivity index (χ3v) is 5.96. The highest BCUT2D eigenvalue weighted by molar-refractivity contribution is 7.09. The first-order valence-electron chi connectivity index (χ1n) is 10.7. The van der Waals surface area contributed by atoms with Crippen LogP contribution in [-0.2, 0) is 27.3 Å². The van der Waals surface area contributed by atoms with Crippen LogP contribution in [0.4, 0.5) is 0 Å². The number of carbonyl (C=O) groups excluding carboxylic acids is 2. The molecule has 0 unspecified atom stereocenters. The van der Waals surface area contributed by atoms with Gasteiger partial charge in [-0.3, -0.25) is 9.59 Å². The molecule has 0 aliphatic carbocycles. The SMILES string of the molecule is COCCN(CC(=O)N(CCc1ccc(OC)c(OC)c1)Cc1cccs1)C(=O)C(C)C. The zero-order chi connectivity index (χ0) is 23.5. The van der Waals surface area contributed by atoms with Gasteiger partial charge < -0.3 is 24.0 Å². The molecule has 0 aliphatic heterocycles. The standard InChI is InChI=1S/C24H34N2O5S/c1-18(2)24(28)26(12-13-29-3)17-23(27)25(16-20-7-6-14-32-20)11-10-19-8-9-21(30-4)22(15-19)31-5/h6-9,14-15,18H,10-13,16-17H2,1-5H3. The van der Waals surface area contributed by atoms with E-state index in [4.69, 9.17) is 14.2 Å². The summed E-state index contributed by atoms with van der Waals surface area (Å²) in [4.78, 5) is 30.4. The van der Waals surface area contributed by atoms with Gasteiger partial charge in [-0.2, -0.15) is 0 Å². The van der Waals surface area contributed by atoms with E-state index in [-0.39, 0.29) is 24.3 Å². The van der Waals surface area contributed by atoms with Crippen LogP contribution in [0.15, 0.2) is 35.7 Å². The van der Waals surface area contributed by atoms with Gasteiger partial charge in [0.1, 0.15) is 0 Å². The average Bonchev–Trinajstić information content (AvgIpc) is 3.31. The summed E-state index contributed by atoms with van der Waals surface area (Å²) in [6, 6.07) is 9.77. The molecular weight excluding hydrogens is 428 g/mol. The molecule has 7 nitrogen and oxygen atoms in total. The molecule has 0 N–H and O–H groups in total. The molecule has 2 rings (SSSR count). The van der Waals surface area contributed by atoms with Crippen LogP contribution in [0.5, 0.6) is 11.5 Å². The smallest absolute Gasteiger partial charge is 0.242 e. The third-order valence-electron chi connectivity index (χ3n) is 5.09. The third kappa shape index (κ3) is 7.53. The van der Waals surface area contributed by atoms with Gasteiger partial charge in [0.25, 0.3) is 0 Å². The van der Waals surface area contributed by atoms with Crippen molar-refractivity contribution in [3.8, 4) is 11.5 Å². The van der Waals surface area contributed by atoms with Crippen LogP contribution in [-0.4, -0.2) is 69.2 Å². The van der Waals surface area contributed by atoms with Crippen molar-refractivity contribution in [3.63, 3.8) is 0 Å². The monoisotopic (exact) mass is 462 g/mol. The molecule has 0 radical (unpaired) electrons. The van der Waals surface area contributed by atoms with E-state index in [1.165, 1.54) is 0 Å². The van der Waals surface area contributed by atoms with Gasteiger partial charge in [-0.1, -0.05) is 26.0 Å². The van der Waals surface area contributed by atoms with E-state index >= 15 is 0 Å². The number of thiophene rings is 1. The number of carbonyl (C=O) groups is 2. The maximum absolute atomic E-state index is 13.3. The van der Waals surface area contributed by atoms with E-state index in [0.29, 0.717) is 44.2 Å². The van der Waals surface area contributed by atoms with Crippen LogP contribution in [0.2, 0.25) is 0 Å². The lowest BCUT2D eigenvalue weighted by Gasteiger charge is -2.28. The molecule has 0 spiro atoms. The molecule has 0 saturated carbocycles. The predicted octanol–water partition coefficient (Wildman–Crippen LogP) is 3.47. The Hall–Kier alpha value is -2.58. The van der Waals surface area contributed by atoms with Crippen LogP contribution in [0.1, 0.15) is 24.3 Å². The Morgan fingerprint density at radius 1 is 1.00 bits per heavy atom. The molecule has 0 fully saturated rings. The summed E-state index contributed by atoms with van der Waals surface area (Å²) in [5, 5.41) is 2.00. The first-order valence-corrected chi connectivity index (χ1v) is 11.6. The Morgan fingerprint density at radius 2 is 1.75 bits per heavy atom. The van der Waals surface area contributed by atoms with Crippen molar-refractivity contribution in [2.75, 3.05) is 47.6 Å². The fourth-order valence-electron chi connectivity index (χ4n) is 3.28. The second kappa shape index (κ2) is 13.1. The number of ether oxygens (including phenoxy) is 3. The molecule has 8 heteroatoms. The first kappa shape index (κ1) is 25.7. The summed E-state index contributed by atoms with van der Waals surface area (Å²) in [5.74, 6) is 1.02. The molecule has 1 aromatic carbocycles. The number of amides is 2. The first-order chi connectivity index (χ1) is 15.4. The van der Waals surface area contributed by atoms with Gasteiger partial charge in [-0.25, -0.2) is 0 Å². The second-order valence-corrected chi connectivity index (χ2v) is 8.77. The number of nitrogens with zero attached hydrogens (tertiary/aromatic N) is 2. The minimum absolute atomic E-state index is 0.0394. The van der Waals surface area contributed by atoms with Crippen molar-refractivity contribution in [1.29, 1.82) is 0 Å². The largest absolute Gasteiger partial charge is 0.493 e. The van der Waals surface area contributed by atoms with Gasteiger partial charge in [0.2, 0.25) is 11.8 Å². The molecule has 0 aliphatic rings. The maximum atomic E-state index is 13.3. The molecule has 176 valence electrons. The van der Waals surface area contributed by atoms with E-state index in [2.05, 4.69) is 0 Å². The van der Waals surface area contributed by atoms with Gasteiger partial charge in [0, 0.05) is 31.0 Å². The van der Waals surface area contributed by atoms with Crippen molar-refractivity contribution >= 4 is 23.2 Å². The Labute approximate surface area is 194 Å². The van der Waals surface area contributed by atoms with Gasteiger partial charge in [-0.15, -0.1) is 11.3 Å². The molecule has 0 saturated heterocycles. The zero-order valence-corrected chi connectivity index (χ0v) is 20.4. The van der Waals surface area contributed by atoms with Gasteiger partial charge in [0.05, 0.1) is 33.9 Å². The minimum atomic E-state index is -0.183. The molecule has 1 aromatic heterocycles. The second-order valence-electron chi connectivity index (χ2n) is 7.74. The highest BCUT2D eigenvalue weighted by Gasteiger charge is 2.23. The zero-order valence-electron chi connectivity index (χ0n) is 19.6. The topological polar surface area (TPSA) is 68.3 Å². The van der Waals surface area contributed by atoms with Crippen molar-refractivity contribution in [2.45, 2.75) is 26.8 Å². The summed E-state index contributed by atoms with van der Waals surface area (Å²) >= 11 is 1.61. The lowest BCUT2D eigenvalue weighted by atomic mass is 10.1. The Bertz CT molecular complexity index is 854. The fraction of sp³-hybridized carbons (Fsp3) is 0.500. The van der Waals surface area contributed by atoms with E-state index < -0.39 is 0 Å². The number of methoxy groups -OCH3 is 3. The van der Waals surface area contributed by atoms with Crippen LogP contribution in [0, 0.1) is 5.92 Å². The molecule has 2 aromatic rings. The summed E-state index contributed by atoms with van der Waals surface area (Å²) < 4.78 is 15.8. The van der Waals surface area contributed by atoms with E-state index in [1.54, 1.807) is 37.6 Å². The number of benzene rings is 1. The Morgan fingerprint density at radius 3 is 2.34 bits per heavy atom. The number of hydrogen-bond donors (Lipinski definition) is 0. The van der Waals surface area contributed by atoms with Crippen LogP contribution in [0.3, 0.4) is 0 Å². The Kier molecular flexibility index (Phi) is 10.5. The van der Waals surface area contributed by atoms with Gasteiger partial charge in [0.15, 0.2) is 11.5 Å². The summed E-state index contributed by atoms with van der Waals surface area (Å²) in [6.07, 6.45) is 0.660. The number of hydrogen-bond acceptors (Lipinski definition) is 6. The van der Waals surface area contributed by atoms with Crippen molar-refractivity contribution in [1.82, 2.24) is 9.80 Å². The van der Waals surface area contributed by atoms with Crippen LogP contribution in [0.25, 0.3) is 0 Å². The van der Waals surface area contributed by atoms with Crippen LogP contribution < -0.4 is 9.47 Å². The fourth-order valence-corrected chi connectivity index (χ4v) is 4.00. The molecule has 0 bridgehead atoms. The summed E-state index contributed by atoms with van der Waals surface area (Å²) in [7, 11) is 4.80. The molecule has 1 heterocycles. The highest BCUT2D eigenvalue weighted by Crippen LogP contribution is 2.28. The van der Waals surface area contributed by atoms with Crippen molar-refractivity contribution in [3.05, 3.63) is 46.2 Å². The van der Waals surface area contributed by atoms with Gasteiger partial charge in [-0.05, 0) is 35.6 Å². The molecule has 32 heavy (non-hydrogen) atoms. The van der Waals surface area contributed by atoms with Crippen LogP contribution >= 0.6 is 11.3 Å². The normalized spacial score (nSPS) is 10.8. The molecule has 2 amide bonds. The summed E-state index contributed by atoms with van der Waals surface area (Å²) in [5.41, 5.74) is 1.04. The highest BCUT2D eigenvalue weighted by atomic mass is 32.1. The van der Waals surface area contributed by atoms with E-state index in [0.717, 1.165) is 10.4 Å². The van der Waals surface area contributed by atoms with Crippen molar-refractivity contribution in [2.24, 2.45) is 5.92 Å². The Balaban J connectivity index is 2.14. The number of rotatable bonds is 13. The minimum Gasteiger partial charge on any atom is -0.493 e. The predicted molar refractivity (Wildman–Crippen MR) is 126 cm³/mol. The molecule has 0 atom stereocenters. The molecular formula is C24H34N2O5S. The van der Waals surface area contributed by atoms with Gasteiger partial charge >= 0.3 is 0 Å². The lowest BCUT2D eigenvalue weighted by Crippen LogP contribution is -2.45. The van der Waals surface area contributed by atoms with Crippen molar-refractivity contribution < 1.29 is 23.8 Å². The summed E-state index contributed by atoms with van der Waals surface area (Å²) in [6.45, 7) is 5.54. The van der Waals surface area contributed by atoms with E-state index in [9.17, 15) is 9.59 Å². The quantitative estimate of drug-likeness (QED) is 0.456. The van der Waals surface area contributed by atoms with E-state index in [1.807, 2.05) is 54.5 Å². The maximum Gasteiger partial charge on any atom is 0.242 e. The average molecular weight is 463 g/mol.